The maximum Gasteiger partial charge on any atom is 0.409 e. The lowest BCUT2D eigenvalue weighted by Gasteiger charge is -2.37. The lowest BCUT2D eigenvalue weighted by Crippen LogP contribution is -2.56. The topological polar surface area (TPSA) is 149 Å². The number of unbranched alkanes of at least 4 members (excludes halogenated alkanes) is 2. The minimum Gasteiger partial charge on any atom is -0.481 e. The Morgan fingerprint density at radius 2 is 1.60 bits per heavy atom. The molecule has 3 saturated heterocycles. The number of amides is 3. The summed E-state index contributed by atoms with van der Waals surface area (Å²) in [7, 11) is 0. The third kappa shape index (κ3) is 9.42. The van der Waals surface area contributed by atoms with Gasteiger partial charge in [-0.05, 0) is 51.6 Å². The average molecular weight is 664 g/mol. The van der Waals surface area contributed by atoms with Gasteiger partial charge in [-0.15, -0.1) is 0 Å². The molecule has 1 aromatic heterocycles. The summed E-state index contributed by atoms with van der Waals surface area (Å²) in [5.41, 5.74) is 1.43. The Hall–Kier alpha value is -4.26. The Labute approximate surface area is 282 Å². The maximum atomic E-state index is 13.8. The lowest BCUT2D eigenvalue weighted by atomic mass is 10.0. The van der Waals surface area contributed by atoms with E-state index in [9.17, 15) is 24.3 Å². The van der Waals surface area contributed by atoms with Gasteiger partial charge in [0.2, 0.25) is 11.7 Å². The van der Waals surface area contributed by atoms with Crippen molar-refractivity contribution in [3.05, 3.63) is 42.2 Å². The van der Waals surface area contributed by atoms with Crippen LogP contribution in [0.1, 0.15) is 75.3 Å². The van der Waals surface area contributed by atoms with Gasteiger partial charge in [0.15, 0.2) is 0 Å². The molecule has 0 bridgehead atoms. The number of piperazine rings is 1. The van der Waals surface area contributed by atoms with Crippen molar-refractivity contribution in [3.63, 3.8) is 0 Å². The van der Waals surface area contributed by atoms with E-state index in [0.29, 0.717) is 24.2 Å². The van der Waals surface area contributed by atoms with E-state index in [1.54, 1.807) is 9.80 Å². The minimum atomic E-state index is -1.09. The second kappa shape index (κ2) is 17.2. The smallest absolute Gasteiger partial charge is 0.409 e. The van der Waals surface area contributed by atoms with Crippen LogP contribution in [0.15, 0.2) is 36.4 Å². The summed E-state index contributed by atoms with van der Waals surface area (Å²) in [6.45, 7) is 7.46. The molecular weight excluding hydrogens is 614 g/mol. The van der Waals surface area contributed by atoms with Crippen LogP contribution in [0, 0.1) is 0 Å². The van der Waals surface area contributed by atoms with Crippen LogP contribution in [0.5, 0.6) is 0 Å². The van der Waals surface area contributed by atoms with Crippen molar-refractivity contribution >= 4 is 29.7 Å². The van der Waals surface area contributed by atoms with Gasteiger partial charge in [-0.2, -0.15) is 0 Å². The molecule has 3 fully saturated rings. The van der Waals surface area contributed by atoms with Gasteiger partial charge in [0.05, 0.1) is 12.3 Å². The predicted octanol–water partition coefficient (Wildman–Crippen LogP) is 3.64. The first-order valence-corrected chi connectivity index (χ1v) is 17.5. The molecule has 0 unspecified atom stereocenters. The summed E-state index contributed by atoms with van der Waals surface area (Å²) >= 11 is 0. The summed E-state index contributed by atoms with van der Waals surface area (Å²) in [5.74, 6) is -1.53. The van der Waals surface area contributed by atoms with E-state index >= 15 is 0 Å². The Balaban J connectivity index is 1.28. The van der Waals surface area contributed by atoms with Crippen LogP contribution in [0.25, 0.3) is 11.3 Å². The number of aliphatic carboxylic acids is 1. The molecule has 2 N–H and O–H groups in total. The first kappa shape index (κ1) is 35.1. The van der Waals surface area contributed by atoms with E-state index in [1.807, 2.05) is 36.4 Å². The fraction of sp³-hybridized carbons (Fsp3) is 0.600. The van der Waals surface area contributed by atoms with Crippen molar-refractivity contribution in [1.82, 2.24) is 30.0 Å². The monoisotopic (exact) mass is 663 g/mol. The number of piperidine rings is 1. The molecule has 0 aliphatic carbocycles. The number of nitrogens with one attached hydrogen (secondary N) is 1. The molecule has 1 aromatic carbocycles. The first-order chi connectivity index (χ1) is 23.3. The van der Waals surface area contributed by atoms with Crippen molar-refractivity contribution in [2.45, 2.75) is 76.8 Å². The molecule has 5 rings (SSSR count). The number of carboxylic acid groups (broad SMARTS) is 1. The molecule has 13 heteroatoms. The van der Waals surface area contributed by atoms with Crippen LogP contribution < -0.4 is 10.2 Å². The number of likely N-dealkylation sites (tertiary alicyclic amines) is 1. The van der Waals surface area contributed by atoms with Gasteiger partial charge >= 0.3 is 12.1 Å². The number of hydrogen-bond acceptors (Lipinski definition) is 9. The maximum absolute atomic E-state index is 13.8. The van der Waals surface area contributed by atoms with Crippen molar-refractivity contribution < 1.29 is 29.0 Å². The lowest BCUT2D eigenvalue weighted by molar-refractivity contribution is -0.138. The quantitative estimate of drug-likeness (QED) is 0.304. The van der Waals surface area contributed by atoms with Crippen LogP contribution in [0.3, 0.4) is 0 Å². The van der Waals surface area contributed by atoms with Crippen LogP contribution in [0.2, 0.25) is 0 Å². The molecule has 1 atom stereocenters. The SMILES string of the molecule is CCCCCOC(=O)N1CCN(C(=O)[C@H](CCC(=O)O)NC(=O)c2nc(-c3ccccc3)cc(N3CCC(N4CCCC4)CC3)n2)CC1. The van der Waals surface area contributed by atoms with Crippen LogP contribution in [0.4, 0.5) is 10.6 Å². The van der Waals surface area contributed by atoms with E-state index in [0.717, 1.165) is 63.8 Å². The van der Waals surface area contributed by atoms with Gasteiger partial charge < -0.3 is 34.8 Å². The van der Waals surface area contributed by atoms with Gasteiger partial charge in [0.1, 0.15) is 11.9 Å². The highest BCUT2D eigenvalue weighted by molar-refractivity contribution is 5.95. The van der Waals surface area contributed by atoms with E-state index in [4.69, 9.17) is 4.74 Å². The van der Waals surface area contributed by atoms with Crippen LogP contribution >= 0.6 is 0 Å². The summed E-state index contributed by atoms with van der Waals surface area (Å²) in [6.07, 6.45) is 6.57. The highest BCUT2D eigenvalue weighted by Crippen LogP contribution is 2.27. The predicted molar refractivity (Wildman–Crippen MR) is 181 cm³/mol. The van der Waals surface area contributed by atoms with Gasteiger partial charge in [0.25, 0.3) is 5.91 Å². The number of carboxylic acids is 1. The average Bonchev–Trinajstić information content (AvgIpc) is 3.67. The minimum absolute atomic E-state index is 0.0724. The van der Waals surface area contributed by atoms with E-state index in [2.05, 4.69) is 32.0 Å². The number of rotatable bonds is 13. The standard InChI is InChI=1S/C35H49N7O6/c1-2-3-9-24-48-35(47)42-22-20-41(21-23-42)34(46)28(12-13-31(43)44)37-33(45)32-36-29(26-10-5-4-6-11-26)25-30(38-32)40-18-14-27(15-19-40)39-16-7-8-17-39/h4-6,10-11,25,27-28H,2-3,7-9,12-24H2,1H3,(H,37,45)(H,43,44)/t28-/m0/s1. The fourth-order valence-electron chi connectivity index (χ4n) is 6.70. The zero-order valence-electron chi connectivity index (χ0n) is 28.0. The van der Waals surface area contributed by atoms with Crippen molar-refractivity contribution in [1.29, 1.82) is 0 Å². The van der Waals surface area contributed by atoms with Crippen molar-refractivity contribution in [2.75, 3.05) is 63.9 Å². The number of ether oxygens (including phenoxy) is 1. The second-order valence-corrected chi connectivity index (χ2v) is 12.9. The number of carbonyl (C=O) groups excluding carboxylic acids is 3. The third-order valence-corrected chi connectivity index (χ3v) is 9.50. The van der Waals surface area contributed by atoms with Gasteiger partial charge in [0, 0.05) is 63.4 Å². The molecule has 0 spiro atoms. The number of hydrogen-bond donors (Lipinski definition) is 2. The van der Waals surface area contributed by atoms with Gasteiger partial charge in [-0.1, -0.05) is 50.1 Å². The van der Waals surface area contributed by atoms with Crippen LogP contribution in [-0.4, -0.2) is 125 Å². The van der Waals surface area contributed by atoms with Crippen molar-refractivity contribution in [2.24, 2.45) is 0 Å². The zero-order chi connectivity index (χ0) is 33.9. The molecule has 13 nitrogen and oxygen atoms in total. The molecule has 4 heterocycles. The number of carbonyl (C=O) groups is 4. The van der Waals surface area contributed by atoms with Gasteiger partial charge in [-0.3, -0.25) is 14.4 Å². The van der Waals surface area contributed by atoms with Crippen molar-refractivity contribution in [3.8, 4) is 11.3 Å². The second-order valence-electron chi connectivity index (χ2n) is 12.9. The number of benzene rings is 1. The number of aromatic nitrogens is 2. The molecule has 3 aliphatic rings. The van der Waals surface area contributed by atoms with Gasteiger partial charge in [-0.25, -0.2) is 14.8 Å². The van der Waals surface area contributed by atoms with E-state index < -0.39 is 29.9 Å². The molecule has 3 amide bonds. The Kier molecular flexibility index (Phi) is 12.6. The highest BCUT2D eigenvalue weighted by Gasteiger charge is 2.32. The highest BCUT2D eigenvalue weighted by atomic mass is 16.6. The largest absolute Gasteiger partial charge is 0.481 e. The summed E-state index contributed by atoms with van der Waals surface area (Å²) < 4.78 is 5.36. The Bertz CT molecular complexity index is 1390. The summed E-state index contributed by atoms with van der Waals surface area (Å²) in [6, 6.07) is 10.9. The molecule has 0 radical (unpaired) electrons. The molecular formula is C35H49N7O6. The fourth-order valence-corrected chi connectivity index (χ4v) is 6.70. The Morgan fingerprint density at radius 1 is 0.917 bits per heavy atom. The third-order valence-electron chi connectivity index (χ3n) is 9.50. The molecule has 2 aromatic rings. The Morgan fingerprint density at radius 3 is 2.27 bits per heavy atom. The molecule has 260 valence electrons. The first-order valence-electron chi connectivity index (χ1n) is 17.5. The normalized spacial score (nSPS) is 18.1. The van der Waals surface area contributed by atoms with E-state index in [1.165, 1.54) is 12.8 Å². The summed E-state index contributed by atoms with van der Waals surface area (Å²) in [4.78, 5) is 68.6. The number of anilines is 1. The molecule has 48 heavy (non-hydrogen) atoms. The van der Waals surface area contributed by atoms with E-state index in [-0.39, 0.29) is 44.8 Å². The van der Waals surface area contributed by atoms with Crippen LogP contribution in [-0.2, 0) is 14.3 Å². The number of nitrogens with zero attached hydrogens (tertiary/aromatic N) is 6. The molecule has 3 aliphatic heterocycles. The summed E-state index contributed by atoms with van der Waals surface area (Å²) in [5, 5.41) is 12.2. The zero-order valence-corrected chi connectivity index (χ0v) is 28.0. The molecule has 0 saturated carbocycles.